The molecule has 2 N–H and O–H groups in total. The van der Waals surface area contributed by atoms with Crippen LogP contribution in [-0.2, 0) is 21.4 Å². The largest absolute Gasteiger partial charge is 0.339 e. The van der Waals surface area contributed by atoms with Crippen molar-refractivity contribution in [3.05, 3.63) is 89.7 Å². The average Bonchev–Trinajstić information content (AvgIpc) is 3.31. The van der Waals surface area contributed by atoms with Crippen LogP contribution in [0.2, 0.25) is 0 Å². The van der Waals surface area contributed by atoms with Gasteiger partial charge in [0.1, 0.15) is 5.69 Å². The second-order valence-corrected chi connectivity index (χ2v) is 10.4. The number of carbonyl (C=O) groups excluding carboxylic acids is 2. The highest BCUT2D eigenvalue weighted by Gasteiger charge is 2.33. The lowest BCUT2D eigenvalue weighted by Crippen LogP contribution is -2.50. The van der Waals surface area contributed by atoms with Gasteiger partial charge in [-0.05, 0) is 49.6 Å². The second kappa shape index (κ2) is 10.2. The van der Waals surface area contributed by atoms with Gasteiger partial charge in [-0.25, -0.2) is 8.42 Å². The molecule has 2 heterocycles. The summed E-state index contributed by atoms with van der Waals surface area (Å²) in [6.07, 6.45) is 2.92. The van der Waals surface area contributed by atoms with Crippen LogP contribution in [0.5, 0.6) is 0 Å². The molecule has 3 aromatic rings. The van der Waals surface area contributed by atoms with E-state index in [1.807, 2.05) is 37.3 Å². The fourth-order valence-corrected chi connectivity index (χ4v) is 5.58. The SMILES string of the molecule is Cc1ccc(S(=O)(=O)N2CCCC(C(=O)NNC(=O)c3cccn3Cc3ccccc3)C2)cc1. The van der Waals surface area contributed by atoms with Crippen LogP contribution in [0.25, 0.3) is 0 Å². The van der Waals surface area contributed by atoms with Crippen molar-refractivity contribution in [3.8, 4) is 0 Å². The van der Waals surface area contributed by atoms with Crippen LogP contribution in [0.15, 0.2) is 77.8 Å². The molecular formula is C25H28N4O4S. The Morgan fingerprint density at radius 2 is 1.71 bits per heavy atom. The number of hydrazine groups is 1. The van der Waals surface area contributed by atoms with Crippen molar-refractivity contribution in [3.63, 3.8) is 0 Å². The zero-order chi connectivity index (χ0) is 24.1. The number of hydrogen-bond donors (Lipinski definition) is 2. The average molecular weight is 481 g/mol. The summed E-state index contributed by atoms with van der Waals surface area (Å²) in [5.74, 6) is -1.39. The van der Waals surface area contributed by atoms with E-state index in [0.717, 1.165) is 11.1 Å². The number of rotatable bonds is 6. The number of nitrogens with zero attached hydrogens (tertiary/aromatic N) is 2. The Morgan fingerprint density at radius 1 is 0.971 bits per heavy atom. The van der Waals surface area contributed by atoms with Gasteiger partial charge in [-0.3, -0.25) is 20.4 Å². The van der Waals surface area contributed by atoms with E-state index in [2.05, 4.69) is 10.9 Å². The summed E-state index contributed by atoms with van der Waals surface area (Å²) in [6, 6.07) is 19.9. The van der Waals surface area contributed by atoms with Crippen molar-refractivity contribution in [2.24, 2.45) is 5.92 Å². The van der Waals surface area contributed by atoms with E-state index in [1.165, 1.54) is 4.31 Å². The molecule has 8 nitrogen and oxygen atoms in total. The van der Waals surface area contributed by atoms with Gasteiger partial charge in [-0.2, -0.15) is 4.31 Å². The van der Waals surface area contributed by atoms with Gasteiger partial charge >= 0.3 is 0 Å². The molecule has 2 amide bonds. The minimum Gasteiger partial charge on any atom is -0.339 e. The molecule has 1 saturated heterocycles. The summed E-state index contributed by atoms with van der Waals surface area (Å²) >= 11 is 0. The van der Waals surface area contributed by atoms with Gasteiger partial charge in [-0.1, -0.05) is 48.0 Å². The molecule has 1 aliphatic heterocycles. The Bertz CT molecular complexity index is 1250. The predicted octanol–water partition coefficient (Wildman–Crippen LogP) is 2.71. The van der Waals surface area contributed by atoms with Crippen LogP contribution in [0.4, 0.5) is 0 Å². The van der Waals surface area contributed by atoms with Crippen LogP contribution in [0.1, 0.15) is 34.5 Å². The molecule has 2 aromatic carbocycles. The summed E-state index contributed by atoms with van der Waals surface area (Å²) in [6.45, 7) is 2.85. The van der Waals surface area contributed by atoms with E-state index in [4.69, 9.17) is 0 Å². The van der Waals surface area contributed by atoms with Crippen LogP contribution < -0.4 is 10.9 Å². The summed E-state index contributed by atoms with van der Waals surface area (Å²) < 4.78 is 29.1. The van der Waals surface area contributed by atoms with Crippen LogP contribution in [0, 0.1) is 12.8 Å². The van der Waals surface area contributed by atoms with Crippen molar-refractivity contribution in [2.75, 3.05) is 13.1 Å². The molecule has 0 radical (unpaired) electrons. The number of nitrogens with one attached hydrogen (secondary N) is 2. The maximum atomic E-state index is 13.0. The van der Waals surface area contributed by atoms with Crippen molar-refractivity contribution in [1.82, 2.24) is 19.7 Å². The van der Waals surface area contributed by atoms with Gasteiger partial charge in [0.05, 0.1) is 10.8 Å². The number of aromatic nitrogens is 1. The van der Waals surface area contributed by atoms with E-state index in [0.29, 0.717) is 31.6 Å². The lowest BCUT2D eigenvalue weighted by Gasteiger charge is -2.31. The van der Waals surface area contributed by atoms with E-state index >= 15 is 0 Å². The van der Waals surface area contributed by atoms with E-state index in [9.17, 15) is 18.0 Å². The molecule has 9 heteroatoms. The maximum absolute atomic E-state index is 13.0. The first-order valence-corrected chi connectivity index (χ1v) is 12.6. The molecule has 4 rings (SSSR count). The second-order valence-electron chi connectivity index (χ2n) is 8.47. The number of amides is 2. The third-order valence-electron chi connectivity index (χ3n) is 5.97. The number of sulfonamides is 1. The molecule has 0 aliphatic carbocycles. The first-order chi connectivity index (χ1) is 16.3. The standard InChI is InChI=1S/C25H28N4O4S/c1-19-11-13-22(14-12-19)34(32,33)29-16-5-9-21(18-29)24(30)26-27-25(31)23-10-6-15-28(23)17-20-7-3-2-4-8-20/h2-4,6-8,10-15,21H,5,9,16-18H2,1H3,(H,26,30)(H,27,31). The van der Waals surface area contributed by atoms with Crippen molar-refractivity contribution < 1.29 is 18.0 Å². The monoisotopic (exact) mass is 480 g/mol. The van der Waals surface area contributed by atoms with E-state index in [1.54, 1.807) is 47.2 Å². The van der Waals surface area contributed by atoms with Crippen molar-refractivity contribution in [1.29, 1.82) is 0 Å². The highest BCUT2D eigenvalue weighted by atomic mass is 32.2. The molecule has 0 spiro atoms. The highest BCUT2D eigenvalue weighted by Crippen LogP contribution is 2.24. The zero-order valence-corrected chi connectivity index (χ0v) is 19.8. The normalized spacial score (nSPS) is 16.7. The lowest BCUT2D eigenvalue weighted by atomic mass is 9.99. The van der Waals surface area contributed by atoms with Crippen LogP contribution in [-0.4, -0.2) is 42.2 Å². The quantitative estimate of drug-likeness (QED) is 0.530. The summed E-state index contributed by atoms with van der Waals surface area (Å²) in [4.78, 5) is 25.6. The topological polar surface area (TPSA) is 101 Å². The fourth-order valence-electron chi connectivity index (χ4n) is 4.06. The predicted molar refractivity (Wildman–Crippen MR) is 128 cm³/mol. The zero-order valence-electron chi connectivity index (χ0n) is 19.0. The van der Waals surface area contributed by atoms with Gasteiger partial charge in [0.2, 0.25) is 15.9 Å². The Balaban J connectivity index is 1.36. The number of aryl methyl sites for hydroxylation is 1. The fraction of sp³-hybridized carbons (Fsp3) is 0.280. The number of benzene rings is 2. The van der Waals surface area contributed by atoms with Crippen LogP contribution in [0.3, 0.4) is 0 Å². The molecule has 34 heavy (non-hydrogen) atoms. The highest BCUT2D eigenvalue weighted by molar-refractivity contribution is 7.89. The molecule has 1 aromatic heterocycles. The Kier molecular flexibility index (Phi) is 7.14. The first-order valence-electron chi connectivity index (χ1n) is 11.2. The summed E-state index contributed by atoms with van der Waals surface area (Å²) in [5, 5.41) is 0. The molecule has 1 aliphatic rings. The third kappa shape index (κ3) is 5.37. The third-order valence-corrected chi connectivity index (χ3v) is 7.85. The molecule has 178 valence electrons. The Labute approximate surface area is 199 Å². The van der Waals surface area contributed by atoms with Gasteiger partial charge in [-0.15, -0.1) is 0 Å². The van der Waals surface area contributed by atoms with E-state index in [-0.39, 0.29) is 11.4 Å². The summed E-state index contributed by atoms with van der Waals surface area (Å²) in [7, 11) is -3.68. The van der Waals surface area contributed by atoms with Gasteiger partial charge in [0.25, 0.3) is 5.91 Å². The van der Waals surface area contributed by atoms with Crippen LogP contribution >= 0.6 is 0 Å². The molecule has 1 unspecified atom stereocenters. The van der Waals surface area contributed by atoms with Crippen molar-refractivity contribution in [2.45, 2.75) is 31.2 Å². The van der Waals surface area contributed by atoms with E-state index < -0.39 is 27.8 Å². The molecule has 0 bridgehead atoms. The van der Waals surface area contributed by atoms with Gasteiger partial charge in [0, 0.05) is 25.8 Å². The molecule has 1 atom stereocenters. The molecule has 0 saturated carbocycles. The lowest BCUT2D eigenvalue weighted by molar-refractivity contribution is -0.126. The first kappa shape index (κ1) is 23.7. The Morgan fingerprint density at radius 3 is 2.44 bits per heavy atom. The summed E-state index contributed by atoms with van der Waals surface area (Å²) in [5.41, 5.74) is 7.39. The Hall–Kier alpha value is -3.43. The number of carbonyl (C=O) groups is 2. The van der Waals surface area contributed by atoms with Gasteiger partial charge < -0.3 is 4.57 Å². The molecular weight excluding hydrogens is 452 g/mol. The molecule has 1 fully saturated rings. The maximum Gasteiger partial charge on any atom is 0.286 e. The smallest absolute Gasteiger partial charge is 0.286 e. The van der Waals surface area contributed by atoms with Gasteiger partial charge in [0.15, 0.2) is 0 Å². The van der Waals surface area contributed by atoms with Crippen molar-refractivity contribution >= 4 is 21.8 Å². The number of hydrogen-bond acceptors (Lipinski definition) is 4. The number of piperidine rings is 1. The minimum atomic E-state index is -3.68. The minimum absolute atomic E-state index is 0.0717.